The summed E-state index contributed by atoms with van der Waals surface area (Å²) in [6.07, 6.45) is 5.34. The number of hydrogen-bond donors (Lipinski definition) is 2. The van der Waals surface area contributed by atoms with E-state index >= 15 is 0 Å². The van der Waals surface area contributed by atoms with E-state index in [0.717, 1.165) is 25.7 Å². The van der Waals surface area contributed by atoms with Crippen molar-refractivity contribution in [3.8, 4) is 0 Å². The molecule has 2 aliphatic heterocycles. The second-order valence-corrected chi connectivity index (χ2v) is 5.25. The highest BCUT2D eigenvalue weighted by Gasteiger charge is 2.38. The number of carbonyl (C=O) groups excluding carboxylic acids is 2. The van der Waals surface area contributed by atoms with Crippen LogP contribution in [-0.4, -0.2) is 41.4 Å². The van der Waals surface area contributed by atoms with Crippen molar-refractivity contribution in [3.63, 3.8) is 0 Å². The number of fused-ring (bicyclic) bond motifs is 2. The Hall–Kier alpha value is -1.10. The molecular formula is C12H21N3O2. The van der Waals surface area contributed by atoms with Crippen LogP contribution < -0.4 is 11.1 Å². The van der Waals surface area contributed by atoms with Gasteiger partial charge in [0.05, 0.1) is 6.54 Å². The van der Waals surface area contributed by atoms with Crippen LogP contribution in [-0.2, 0) is 9.59 Å². The van der Waals surface area contributed by atoms with E-state index in [1.807, 2.05) is 0 Å². The minimum Gasteiger partial charge on any atom is -0.369 e. The van der Waals surface area contributed by atoms with E-state index < -0.39 is 0 Å². The van der Waals surface area contributed by atoms with Gasteiger partial charge in [0, 0.05) is 25.0 Å². The van der Waals surface area contributed by atoms with E-state index in [0.29, 0.717) is 18.6 Å². The van der Waals surface area contributed by atoms with Gasteiger partial charge in [0.15, 0.2) is 0 Å². The fourth-order valence-electron chi connectivity index (χ4n) is 3.32. The first-order valence-corrected chi connectivity index (χ1v) is 6.37. The maximum atomic E-state index is 11.1. The summed E-state index contributed by atoms with van der Waals surface area (Å²) in [7, 11) is 0. The molecule has 5 nitrogen and oxygen atoms in total. The SMILES string of the molecule is CC(=O)NC1C[C@H]2CCC[C@@H](C1)N2CC(N)=O. The number of nitrogens with zero attached hydrogens (tertiary/aromatic N) is 1. The van der Waals surface area contributed by atoms with Gasteiger partial charge in [0.25, 0.3) is 0 Å². The van der Waals surface area contributed by atoms with Gasteiger partial charge in [-0.25, -0.2) is 0 Å². The Morgan fingerprint density at radius 2 is 1.88 bits per heavy atom. The maximum absolute atomic E-state index is 11.1. The summed E-state index contributed by atoms with van der Waals surface area (Å²) in [6.45, 7) is 1.92. The van der Waals surface area contributed by atoms with Crippen LogP contribution in [0, 0.1) is 0 Å². The first kappa shape index (κ1) is 12.4. The summed E-state index contributed by atoms with van der Waals surface area (Å²) >= 11 is 0. The molecule has 1 unspecified atom stereocenters. The predicted octanol–water partition coefficient (Wildman–Crippen LogP) is -0.00670. The van der Waals surface area contributed by atoms with Gasteiger partial charge >= 0.3 is 0 Å². The number of amides is 2. The number of piperidine rings is 2. The second-order valence-electron chi connectivity index (χ2n) is 5.25. The Labute approximate surface area is 102 Å². The maximum Gasteiger partial charge on any atom is 0.231 e. The van der Waals surface area contributed by atoms with Gasteiger partial charge in [0.1, 0.15) is 0 Å². The minimum absolute atomic E-state index is 0.0384. The number of carbonyl (C=O) groups is 2. The van der Waals surface area contributed by atoms with Crippen molar-refractivity contribution in [1.29, 1.82) is 0 Å². The summed E-state index contributed by atoms with van der Waals surface area (Å²) in [4.78, 5) is 24.4. The third-order valence-corrected chi connectivity index (χ3v) is 3.87. The van der Waals surface area contributed by atoms with E-state index in [4.69, 9.17) is 5.73 Å². The van der Waals surface area contributed by atoms with Crippen molar-refractivity contribution in [3.05, 3.63) is 0 Å². The summed E-state index contributed by atoms with van der Waals surface area (Å²) < 4.78 is 0. The third kappa shape index (κ3) is 2.97. The smallest absolute Gasteiger partial charge is 0.231 e. The second kappa shape index (κ2) is 5.04. The molecule has 2 rings (SSSR count). The number of primary amides is 1. The molecule has 3 N–H and O–H groups in total. The van der Waals surface area contributed by atoms with E-state index in [1.165, 1.54) is 6.42 Å². The Bertz CT molecular complexity index is 305. The Balaban J connectivity index is 2.00. The van der Waals surface area contributed by atoms with Crippen molar-refractivity contribution >= 4 is 11.8 Å². The Morgan fingerprint density at radius 1 is 1.29 bits per heavy atom. The first-order valence-electron chi connectivity index (χ1n) is 6.37. The minimum atomic E-state index is -0.250. The molecule has 2 saturated heterocycles. The van der Waals surface area contributed by atoms with E-state index in [2.05, 4.69) is 10.2 Å². The number of hydrogen-bond acceptors (Lipinski definition) is 3. The number of nitrogens with one attached hydrogen (secondary N) is 1. The van der Waals surface area contributed by atoms with Gasteiger partial charge < -0.3 is 11.1 Å². The van der Waals surface area contributed by atoms with Crippen LogP contribution in [0.4, 0.5) is 0 Å². The zero-order valence-corrected chi connectivity index (χ0v) is 10.3. The third-order valence-electron chi connectivity index (χ3n) is 3.87. The fraction of sp³-hybridized carbons (Fsp3) is 0.833. The molecule has 0 spiro atoms. The molecule has 2 fully saturated rings. The lowest BCUT2D eigenvalue weighted by atomic mass is 9.81. The van der Waals surface area contributed by atoms with Crippen molar-refractivity contribution in [1.82, 2.24) is 10.2 Å². The van der Waals surface area contributed by atoms with E-state index in [9.17, 15) is 9.59 Å². The molecule has 0 radical (unpaired) electrons. The lowest BCUT2D eigenvalue weighted by Gasteiger charge is -2.48. The molecule has 96 valence electrons. The summed E-state index contributed by atoms with van der Waals surface area (Å²) in [5.74, 6) is -0.212. The van der Waals surface area contributed by atoms with Crippen LogP contribution in [0.25, 0.3) is 0 Å². The lowest BCUT2D eigenvalue weighted by molar-refractivity contribution is -0.124. The predicted molar refractivity (Wildman–Crippen MR) is 64.2 cm³/mol. The summed E-state index contributed by atoms with van der Waals surface area (Å²) in [5, 5.41) is 3.00. The van der Waals surface area contributed by atoms with E-state index in [1.54, 1.807) is 6.92 Å². The molecule has 0 aromatic heterocycles. The monoisotopic (exact) mass is 239 g/mol. The molecule has 2 aliphatic rings. The summed E-state index contributed by atoms with van der Waals surface area (Å²) in [5.41, 5.74) is 5.29. The summed E-state index contributed by atoms with van der Waals surface area (Å²) in [6, 6.07) is 1.09. The molecule has 2 heterocycles. The van der Waals surface area contributed by atoms with Crippen LogP contribution in [0.15, 0.2) is 0 Å². The molecule has 3 atom stereocenters. The fourth-order valence-corrected chi connectivity index (χ4v) is 3.32. The van der Waals surface area contributed by atoms with E-state index in [-0.39, 0.29) is 17.9 Å². The normalized spacial score (nSPS) is 33.1. The highest BCUT2D eigenvalue weighted by molar-refractivity contribution is 5.76. The molecular weight excluding hydrogens is 218 g/mol. The Morgan fingerprint density at radius 3 is 2.35 bits per heavy atom. The van der Waals surface area contributed by atoms with Gasteiger partial charge in [0.2, 0.25) is 11.8 Å². The topological polar surface area (TPSA) is 75.4 Å². The van der Waals surface area contributed by atoms with Gasteiger partial charge in [-0.15, -0.1) is 0 Å². The number of nitrogens with two attached hydrogens (primary N) is 1. The molecule has 2 bridgehead atoms. The molecule has 0 aromatic carbocycles. The highest BCUT2D eigenvalue weighted by atomic mass is 16.2. The Kier molecular flexibility index (Phi) is 3.66. The molecule has 0 saturated carbocycles. The zero-order valence-electron chi connectivity index (χ0n) is 10.3. The van der Waals surface area contributed by atoms with Gasteiger partial charge in [-0.05, 0) is 25.7 Å². The zero-order chi connectivity index (χ0) is 12.4. The molecule has 17 heavy (non-hydrogen) atoms. The van der Waals surface area contributed by atoms with Crippen LogP contribution in [0.1, 0.15) is 39.0 Å². The van der Waals surface area contributed by atoms with Crippen molar-refractivity contribution < 1.29 is 9.59 Å². The lowest BCUT2D eigenvalue weighted by Crippen LogP contribution is -2.58. The van der Waals surface area contributed by atoms with Crippen molar-refractivity contribution in [2.24, 2.45) is 5.73 Å². The average molecular weight is 239 g/mol. The van der Waals surface area contributed by atoms with Gasteiger partial charge in [-0.1, -0.05) is 6.42 Å². The first-order chi connectivity index (χ1) is 8.06. The largest absolute Gasteiger partial charge is 0.369 e. The van der Waals surface area contributed by atoms with Crippen LogP contribution in [0.2, 0.25) is 0 Å². The molecule has 2 amide bonds. The van der Waals surface area contributed by atoms with Crippen molar-refractivity contribution in [2.75, 3.05) is 6.54 Å². The quantitative estimate of drug-likeness (QED) is 0.727. The average Bonchev–Trinajstić information content (AvgIpc) is 2.17. The van der Waals surface area contributed by atoms with Crippen LogP contribution >= 0.6 is 0 Å². The number of rotatable bonds is 3. The molecule has 5 heteroatoms. The van der Waals surface area contributed by atoms with Gasteiger partial charge in [-0.3, -0.25) is 14.5 Å². The van der Waals surface area contributed by atoms with Crippen LogP contribution in [0.3, 0.4) is 0 Å². The van der Waals surface area contributed by atoms with Gasteiger partial charge in [-0.2, -0.15) is 0 Å². The van der Waals surface area contributed by atoms with Crippen LogP contribution in [0.5, 0.6) is 0 Å². The highest BCUT2D eigenvalue weighted by Crippen LogP contribution is 2.33. The molecule has 0 aromatic rings. The standard InChI is InChI=1S/C12H21N3O2/c1-8(16)14-9-5-10-3-2-4-11(6-9)15(10)7-12(13)17/h9-11H,2-7H2,1H3,(H2,13,17)(H,14,16)/t9?,10-,11+. The molecule has 0 aliphatic carbocycles. The van der Waals surface area contributed by atoms with Crippen molar-refractivity contribution in [2.45, 2.75) is 57.2 Å².